The summed E-state index contributed by atoms with van der Waals surface area (Å²) >= 11 is 0.611. The van der Waals surface area contributed by atoms with Crippen LogP contribution >= 0.6 is 11.9 Å². The SMILES string of the molecule is NC(=O)SNNC(=O)c1ccccc1. The summed E-state index contributed by atoms with van der Waals surface area (Å²) in [5.41, 5.74) is 7.64. The fourth-order valence-corrected chi connectivity index (χ4v) is 1.03. The van der Waals surface area contributed by atoms with Gasteiger partial charge in [-0.25, -0.2) is 0 Å². The maximum Gasteiger partial charge on any atom is 0.293 e. The van der Waals surface area contributed by atoms with E-state index >= 15 is 0 Å². The molecular weight excluding hydrogens is 202 g/mol. The summed E-state index contributed by atoms with van der Waals surface area (Å²) in [4.78, 5) is 23.9. The molecule has 0 saturated carbocycles. The van der Waals surface area contributed by atoms with Crippen molar-refractivity contribution < 1.29 is 9.59 Å². The van der Waals surface area contributed by atoms with E-state index in [1.165, 1.54) is 0 Å². The highest BCUT2D eigenvalue weighted by Gasteiger charge is 2.03. The summed E-state index contributed by atoms with van der Waals surface area (Å²) in [6.45, 7) is 0. The zero-order valence-corrected chi connectivity index (χ0v) is 8.01. The van der Waals surface area contributed by atoms with E-state index in [0.717, 1.165) is 0 Å². The molecule has 0 aliphatic rings. The van der Waals surface area contributed by atoms with Gasteiger partial charge in [0.05, 0.1) is 0 Å². The molecule has 4 N–H and O–H groups in total. The van der Waals surface area contributed by atoms with E-state index in [0.29, 0.717) is 17.5 Å². The fraction of sp³-hybridized carbons (Fsp3) is 0. The van der Waals surface area contributed by atoms with Crippen LogP contribution in [0.25, 0.3) is 0 Å². The Hall–Kier alpha value is -1.53. The minimum atomic E-state index is -0.613. The highest BCUT2D eigenvalue weighted by atomic mass is 32.2. The van der Waals surface area contributed by atoms with Gasteiger partial charge in [0.15, 0.2) is 0 Å². The Morgan fingerprint density at radius 3 is 2.43 bits per heavy atom. The number of nitrogens with two attached hydrogens (primary N) is 1. The van der Waals surface area contributed by atoms with Crippen LogP contribution in [0, 0.1) is 0 Å². The molecule has 0 fully saturated rings. The smallest absolute Gasteiger partial charge is 0.293 e. The lowest BCUT2D eigenvalue weighted by atomic mass is 10.2. The predicted molar refractivity (Wildman–Crippen MR) is 54.2 cm³/mol. The van der Waals surface area contributed by atoms with Gasteiger partial charge in [0.1, 0.15) is 0 Å². The van der Waals surface area contributed by atoms with E-state index in [2.05, 4.69) is 10.3 Å². The van der Waals surface area contributed by atoms with Crippen molar-refractivity contribution in [3.05, 3.63) is 35.9 Å². The molecule has 0 unspecified atom stereocenters. The first kappa shape index (κ1) is 10.6. The van der Waals surface area contributed by atoms with E-state index in [1.54, 1.807) is 24.3 Å². The number of nitrogens with one attached hydrogen (secondary N) is 2. The first-order valence-corrected chi connectivity index (χ1v) is 4.58. The van der Waals surface area contributed by atoms with Gasteiger partial charge in [-0.3, -0.25) is 15.0 Å². The van der Waals surface area contributed by atoms with Crippen LogP contribution in [0.1, 0.15) is 10.4 Å². The normalized spacial score (nSPS) is 9.43. The average molecular weight is 211 g/mol. The first-order chi connectivity index (χ1) is 6.70. The zero-order chi connectivity index (χ0) is 10.4. The minimum absolute atomic E-state index is 0.320. The molecule has 0 aliphatic heterocycles. The van der Waals surface area contributed by atoms with E-state index in [-0.39, 0.29) is 5.91 Å². The van der Waals surface area contributed by atoms with Crippen LogP contribution in [0.5, 0.6) is 0 Å². The molecule has 6 heteroatoms. The maximum absolute atomic E-state index is 11.3. The number of primary amides is 1. The Bertz CT molecular complexity index is 329. The van der Waals surface area contributed by atoms with Crippen LogP contribution in [-0.4, -0.2) is 11.1 Å². The van der Waals surface area contributed by atoms with Gasteiger partial charge in [-0.1, -0.05) is 18.2 Å². The number of hydrazine groups is 1. The van der Waals surface area contributed by atoms with Gasteiger partial charge in [0, 0.05) is 17.5 Å². The molecular formula is C8H9N3O2S. The van der Waals surface area contributed by atoms with Crippen molar-refractivity contribution in [1.29, 1.82) is 0 Å². The second-order valence-corrected chi connectivity index (χ2v) is 3.15. The Morgan fingerprint density at radius 1 is 1.21 bits per heavy atom. The first-order valence-electron chi connectivity index (χ1n) is 3.77. The van der Waals surface area contributed by atoms with Crippen LogP contribution in [0.15, 0.2) is 30.3 Å². The molecule has 0 saturated heterocycles. The Balaban J connectivity index is 2.40. The third-order valence-electron chi connectivity index (χ3n) is 1.35. The Labute approximate surface area is 85.2 Å². The highest BCUT2D eigenvalue weighted by molar-refractivity contribution is 8.11. The highest BCUT2D eigenvalue weighted by Crippen LogP contribution is 1.97. The van der Waals surface area contributed by atoms with Crippen LogP contribution < -0.4 is 16.0 Å². The molecule has 0 heterocycles. The van der Waals surface area contributed by atoms with Crippen LogP contribution in [0.4, 0.5) is 4.79 Å². The largest absolute Gasteiger partial charge is 0.359 e. The summed E-state index contributed by atoms with van der Waals surface area (Å²) in [7, 11) is 0. The van der Waals surface area contributed by atoms with E-state index in [4.69, 9.17) is 5.73 Å². The molecule has 0 spiro atoms. The molecule has 2 amide bonds. The van der Waals surface area contributed by atoms with E-state index < -0.39 is 5.24 Å². The summed E-state index contributed by atoms with van der Waals surface area (Å²) in [6, 6.07) is 8.62. The van der Waals surface area contributed by atoms with Crippen LogP contribution in [-0.2, 0) is 0 Å². The van der Waals surface area contributed by atoms with Gasteiger partial charge in [-0.05, 0) is 12.1 Å². The molecule has 0 atom stereocenters. The molecule has 0 radical (unpaired) electrons. The third kappa shape index (κ3) is 3.46. The molecule has 1 rings (SSSR count). The molecule has 0 bridgehead atoms. The molecule has 0 aliphatic carbocycles. The molecule has 14 heavy (non-hydrogen) atoms. The lowest BCUT2D eigenvalue weighted by Gasteiger charge is -2.03. The van der Waals surface area contributed by atoms with Gasteiger partial charge in [-0.15, -0.1) is 0 Å². The van der Waals surface area contributed by atoms with Crippen molar-refractivity contribution in [3.8, 4) is 0 Å². The quantitative estimate of drug-likeness (QED) is 0.506. The van der Waals surface area contributed by atoms with Gasteiger partial charge in [0.2, 0.25) is 0 Å². The maximum atomic E-state index is 11.3. The number of hydrogen-bond acceptors (Lipinski definition) is 4. The number of rotatable bonds is 3. The number of carbonyl (C=O) groups excluding carboxylic acids is 2. The monoisotopic (exact) mass is 211 g/mol. The van der Waals surface area contributed by atoms with Crippen molar-refractivity contribution >= 4 is 23.1 Å². The van der Waals surface area contributed by atoms with Crippen molar-refractivity contribution in [3.63, 3.8) is 0 Å². The van der Waals surface area contributed by atoms with Crippen molar-refractivity contribution in [2.24, 2.45) is 5.73 Å². The molecule has 0 aromatic heterocycles. The average Bonchev–Trinajstić information content (AvgIpc) is 2.18. The molecule has 1 aromatic rings. The molecule has 1 aromatic carbocycles. The van der Waals surface area contributed by atoms with Crippen molar-refractivity contribution in [2.45, 2.75) is 0 Å². The number of hydrogen-bond donors (Lipinski definition) is 3. The third-order valence-corrected chi connectivity index (χ3v) is 1.76. The number of benzene rings is 1. The Kier molecular flexibility index (Phi) is 3.96. The minimum Gasteiger partial charge on any atom is -0.359 e. The fourth-order valence-electron chi connectivity index (χ4n) is 0.784. The van der Waals surface area contributed by atoms with Gasteiger partial charge in [0.25, 0.3) is 11.1 Å². The van der Waals surface area contributed by atoms with E-state index in [1.807, 2.05) is 6.07 Å². The second-order valence-electron chi connectivity index (χ2n) is 2.34. The molecule has 5 nitrogen and oxygen atoms in total. The summed E-state index contributed by atoms with van der Waals surface area (Å²) in [6.07, 6.45) is 0. The van der Waals surface area contributed by atoms with Crippen LogP contribution in [0.3, 0.4) is 0 Å². The van der Waals surface area contributed by atoms with Gasteiger partial charge in [-0.2, -0.15) is 4.83 Å². The van der Waals surface area contributed by atoms with Crippen molar-refractivity contribution in [2.75, 3.05) is 0 Å². The summed E-state index contributed by atoms with van der Waals surface area (Å²) < 4.78 is 0. The lowest BCUT2D eigenvalue weighted by molar-refractivity contribution is 0.0947. The summed E-state index contributed by atoms with van der Waals surface area (Å²) in [5, 5.41) is -0.613. The lowest BCUT2D eigenvalue weighted by Crippen LogP contribution is -2.34. The van der Waals surface area contributed by atoms with Gasteiger partial charge >= 0.3 is 0 Å². The Morgan fingerprint density at radius 2 is 1.86 bits per heavy atom. The number of carbonyl (C=O) groups is 2. The standard InChI is InChI=1S/C8H9N3O2S/c9-8(13)14-11-10-7(12)6-4-2-1-3-5-6/h1-5,11H,(H2,9,13)(H,10,12). The predicted octanol–water partition coefficient (Wildman–Crippen LogP) is 0.648. The number of amides is 2. The summed E-state index contributed by atoms with van der Waals surface area (Å²) in [5.74, 6) is -0.320. The topological polar surface area (TPSA) is 84.2 Å². The van der Waals surface area contributed by atoms with Gasteiger partial charge < -0.3 is 5.73 Å². The second kappa shape index (κ2) is 5.25. The molecule has 74 valence electrons. The van der Waals surface area contributed by atoms with Crippen LogP contribution in [0.2, 0.25) is 0 Å². The van der Waals surface area contributed by atoms with E-state index in [9.17, 15) is 9.59 Å². The van der Waals surface area contributed by atoms with Crippen molar-refractivity contribution in [1.82, 2.24) is 10.3 Å². The zero-order valence-electron chi connectivity index (χ0n) is 7.19.